The van der Waals surface area contributed by atoms with E-state index in [-0.39, 0.29) is 11.6 Å². The standard InChI is InChI=1S/C20H18FN7O2S/c1-11-16(12(2)30-25-11)10-31-20-15(5-4-8-22-20)19(29)23-14-6-7-17(21)18(9-14)28-13(3)24-26-27-28/h4-9H,10H2,1-3H3,(H,23,29). The highest BCUT2D eigenvalue weighted by Gasteiger charge is 2.17. The summed E-state index contributed by atoms with van der Waals surface area (Å²) in [7, 11) is 0. The molecule has 1 amide bonds. The van der Waals surface area contributed by atoms with E-state index in [1.54, 1.807) is 25.3 Å². The Labute approximate surface area is 181 Å². The number of nitrogens with one attached hydrogen (secondary N) is 1. The van der Waals surface area contributed by atoms with Gasteiger partial charge >= 0.3 is 0 Å². The van der Waals surface area contributed by atoms with Crippen LogP contribution in [0.25, 0.3) is 5.69 Å². The maximum absolute atomic E-state index is 14.3. The first-order valence-corrected chi connectivity index (χ1v) is 10.3. The first-order chi connectivity index (χ1) is 14.9. The van der Waals surface area contributed by atoms with Crippen molar-refractivity contribution in [2.24, 2.45) is 0 Å². The van der Waals surface area contributed by atoms with Gasteiger partial charge in [0.15, 0.2) is 5.82 Å². The predicted molar refractivity (Wildman–Crippen MR) is 112 cm³/mol. The molecule has 158 valence electrons. The molecular weight excluding hydrogens is 421 g/mol. The van der Waals surface area contributed by atoms with E-state index in [1.165, 1.54) is 34.6 Å². The number of carbonyl (C=O) groups excluding carboxylic acids is 1. The van der Waals surface area contributed by atoms with Crippen LogP contribution in [-0.2, 0) is 5.75 Å². The predicted octanol–water partition coefficient (Wildman–Crippen LogP) is 3.65. The van der Waals surface area contributed by atoms with Crippen molar-refractivity contribution in [1.29, 1.82) is 0 Å². The summed E-state index contributed by atoms with van der Waals surface area (Å²) in [4.78, 5) is 17.3. The highest BCUT2D eigenvalue weighted by molar-refractivity contribution is 7.98. The smallest absolute Gasteiger partial charge is 0.258 e. The van der Waals surface area contributed by atoms with Crippen molar-refractivity contribution in [1.82, 2.24) is 30.3 Å². The summed E-state index contributed by atoms with van der Waals surface area (Å²) in [6.07, 6.45) is 1.63. The Balaban J connectivity index is 1.55. The van der Waals surface area contributed by atoms with Crippen LogP contribution in [0.4, 0.5) is 10.1 Å². The Kier molecular flexibility index (Phi) is 5.76. The maximum atomic E-state index is 14.3. The van der Waals surface area contributed by atoms with Crippen molar-refractivity contribution in [2.75, 3.05) is 5.32 Å². The van der Waals surface area contributed by atoms with Crippen LogP contribution in [0.3, 0.4) is 0 Å². The van der Waals surface area contributed by atoms with Crippen molar-refractivity contribution in [3.63, 3.8) is 0 Å². The number of halogens is 1. The summed E-state index contributed by atoms with van der Waals surface area (Å²) in [6.45, 7) is 5.38. The van der Waals surface area contributed by atoms with Gasteiger partial charge in [0, 0.05) is 23.2 Å². The zero-order valence-corrected chi connectivity index (χ0v) is 17.8. The third kappa shape index (κ3) is 4.31. The number of nitrogens with zero attached hydrogens (tertiary/aromatic N) is 6. The highest BCUT2D eigenvalue weighted by Crippen LogP contribution is 2.28. The van der Waals surface area contributed by atoms with Crippen LogP contribution in [0.1, 0.15) is 33.2 Å². The molecule has 31 heavy (non-hydrogen) atoms. The number of anilines is 1. The topological polar surface area (TPSA) is 112 Å². The van der Waals surface area contributed by atoms with Gasteiger partial charge in [0.2, 0.25) is 0 Å². The minimum Gasteiger partial charge on any atom is -0.361 e. The van der Waals surface area contributed by atoms with Crippen molar-refractivity contribution < 1.29 is 13.7 Å². The van der Waals surface area contributed by atoms with Crippen molar-refractivity contribution in [2.45, 2.75) is 31.6 Å². The Hall–Kier alpha value is -3.60. The lowest BCUT2D eigenvalue weighted by molar-refractivity contribution is 0.102. The number of rotatable bonds is 6. The quantitative estimate of drug-likeness (QED) is 0.453. The number of hydrogen-bond donors (Lipinski definition) is 1. The molecule has 0 fully saturated rings. The van der Waals surface area contributed by atoms with Gasteiger partial charge in [-0.1, -0.05) is 5.16 Å². The monoisotopic (exact) mass is 439 g/mol. The molecule has 0 saturated carbocycles. The number of aryl methyl sites for hydroxylation is 3. The van der Waals surface area contributed by atoms with Crippen LogP contribution in [0.15, 0.2) is 46.1 Å². The molecule has 3 aromatic heterocycles. The molecular formula is C20H18FN7O2S. The summed E-state index contributed by atoms with van der Waals surface area (Å²) in [5.74, 6) is 0.861. The average Bonchev–Trinajstić information content (AvgIpc) is 3.33. The van der Waals surface area contributed by atoms with Gasteiger partial charge in [-0.15, -0.1) is 16.9 Å². The minimum absolute atomic E-state index is 0.138. The van der Waals surface area contributed by atoms with Crippen LogP contribution >= 0.6 is 11.8 Å². The molecule has 11 heteroatoms. The molecule has 0 aliphatic rings. The zero-order valence-electron chi connectivity index (χ0n) is 17.0. The zero-order chi connectivity index (χ0) is 22.0. The first-order valence-electron chi connectivity index (χ1n) is 9.30. The van der Waals surface area contributed by atoms with E-state index in [0.29, 0.717) is 27.9 Å². The van der Waals surface area contributed by atoms with E-state index in [4.69, 9.17) is 4.52 Å². The van der Waals surface area contributed by atoms with Gasteiger partial charge in [-0.05, 0) is 61.5 Å². The van der Waals surface area contributed by atoms with E-state index in [2.05, 4.69) is 31.0 Å². The molecule has 0 unspecified atom stereocenters. The lowest BCUT2D eigenvalue weighted by Crippen LogP contribution is -2.14. The van der Waals surface area contributed by atoms with Gasteiger partial charge < -0.3 is 9.84 Å². The van der Waals surface area contributed by atoms with Gasteiger partial charge in [0.25, 0.3) is 5.91 Å². The van der Waals surface area contributed by atoms with Crippen LogP contribution in [0, 0.1) is 26.6 Å². The van der Waals surface area contributed by atoms with Crippen LogP contribution in [0.2, 0.25) is 0 Å². The molecule has 0 atom stereocenters. The molecule has 9 nitrogen and oxygen atoms in total. The van der Waals surface area contributed by atoms with E-state index in [0.717, 1.165) is 17.0 Å². The Bertz CT molecular complexity index is 1230. The van der Waals surface area contributed by atoms with E-state index in [9.17, 15) is 9.18 Å². The van der Waals surface area contributed by atoms with Gasteiger partial charge in [-0.3, -0.25) is 4.79 Å². The van der Waals surface area contributed by atoms with Crippen molar-refractivity contribution in [3.05, 3.63) is 70.8 Å². The number of pyridine rings is 1. The summed E-state index contributed by atoms with van der Waals surface area (Å²) < 4.78 is 20.7. The summed E-state index contributed by atoms with van der Waals surface area (Å²) in [5.41, 5.74) is 2.73. The second-order valence-corrected chi connectivity index (χ2v) is 7.67. The van der Waals surface area contributed by atoms with Crippen LogP contribution in [0.5, 0.6) is 0 Å². The van der Waals surface area contributed by atoms with Crippen LogP contribution in [-0.4, -0.2) is 36.3 Å². The van der Waals surface area contributed by atoms with E-state index >= 15 is 0 Å². The summed E-state index contributed by atoms with van der Waals surface area (Å²) in [6, 6.07) is 7.58. The van der Waals surface area contributed by atoms with Gasteiger partial charge in [0.05, 0.1) is 11.3 Å². The Morgan fingerprint density at radius 1 is 1.26 bits per heavy atom. The molecule has 4 rings (SSSR count). The minimum atomic E-state index is -0.509. The van der Waals surface area contributed by atoms with E-state index in [1.807, 2.05) is 13.8 Å². The Morgan fingerprint density at radius 2 is 2.10 bits per heavy atom. The highest BCUT2D eigenvalue weighted by atomic mass is 32.2. The molecule has 0 bridgehead atoms. The molecule has 4 aromatic rings. The average molecular weight is 439 g/mol. The summed E-state index contributed by atoms with van der Waals surface area (Å²) >= 11 is 1.41. The van der Waals surface area contributed by atoms with Gasteiger partial charge in [-0.2, -0.15) is 4.68 Å². The molecule has 0 spiro atoms. The molecule has 0 radical (unpaired) electrons. The first kappa shape index (κ1) is 20.7. The maximum Gasteiger partial charge on any atom is 0.258 e. The van der Waals surface area contributed by atoms with Crippen LogP contribution < -0.4 is 5.32 Å². The number of carbonyl (C=O) groups is 1. The largest absolute Gasteiger partial charge is 0.361 e. The fraction of sp³-hybridized carbons (Fsp3) is 0.200. The fourth-order valence-electron chi connectivity index (χ4n) is 2.93. The lowest BCUT2D eigenvalue weighted by atomic mass is 10.2. The number of aromatic nitrogens is 6. The molecule has 3 heterocycles. The number of amides is 1. The second kappa shape index (κ2) is 8.64. The number of benzene rings is 1. The van der Waals surface area contributed by atoms with E-state index < -0.39 is 5.82 Å². The van der Waals surface area contributed by atoms with Gasteiger partial charge in [-0.25, -0.2) is 9.37 Å². The molecule has 0 aliphatic carbocycles. The number of tetrazole rings is 1. The number of hydrogen-bond acceptors (Lipinski definition) is 8. The Morgan fingerprint density at radius 3 is 2.81 bits per heavy atom. The molecule has 0 saturated heterocycles. The van der Waals surface area contributed by atoms with Crippen molar-refractivity contribution in [3.8, 4) is 5.69 Å². The molecule has 1 aromatic carbocycles. The lowest BCUT2D eigenvalue weighted by Gasteiger charge is -2.11. The number of thioether (sulfide) groups is 1. The fourth-order valence-corrected chi connectivity index (χ4v) is 4.08. The SMILES string of the molecule is Cc1noc(C)c1CSc1ncccc1C(=O)Nc1ccc(F)c(-n2nnnc2C)c1. The second-order valence-electron chi connectivity index (χ2n) is 6.71. The third-order valence-corrected chi connectivity index (χ3v) is 5.64. The molecule has 1 N–H and O–H groups in total. The third-order valence-electron chi connectivity index (χ3n) is 4.61. The van der Waals surface area contributed by atoms with Crippen molar-refractivity contribution >= 4 is 23.4 Å². The summed E-state index contributed by atoms with van der Waals surface area (Å²) in [5, 5.41) is 18.4. The van der Waals surface area contributed by atoms with Gasteiger partial charge in [0.1, 0.15) is 22.3 Å². The molecule has 0 aliphatic heterocycles. The normalized spacial score (nSPS) is 11.0.